The fourth-order valence-corrected chi connectivity index (χ4v) is 5.60. The molecule has 2 fully saturated rings. The Kier molecular flexibility index (Phi) is 7.02. The van der Waals surface area contributed by atoms with Crippen molar-refractivity contribution in [3.63, 3.8) is 0 Å². The monoisotopic (exact) mass is 445 g/mol. The second kappa shape index (κ2) is 9.72. The first-order valence-electron chi connectivity index (χ1n) is 11.1. The molecule has 30 heavy (non-hydrogen) atoms. The first kappa shape index (κ1) is 21.7. The molecule has 2 bridgehead atoms. The molecule has 3 unspecified atom stereocenters. The van der Waals surface area contributed by atoms with Gasteiger partial charge in [0, 0.05) is 34.3 Å². The van der Waals surface area contributed by atoms with E-state index in [0.717, 1.165) is 35.0 Å². The summed E-state index contributed by atoms with van der Waals surface area (Å²) in [6.07, 6.45) is 5.55. The van der Waals surface area contributed by atoms with Crippen molar-refractivity contribution in [3.05, 3.63) is 69.7 Å². The Labute approximate surface area is 189 Å². The number of hydrogen-bond acceptors (Lipinski definition) is 1. The Morgan fingerprint density at radius 3 is 2.33 bits per heavy atom. The van der Waals surface area contributed by atoms with Crippen LogP contribution >= 0.6 is 23.2 Å². The van der Waals surface area contributed by atoms with Gasteiger partial charge in [0.15, 0.2) is 0 Å². The average molecular weight is 446 g/mol. The highest BCUT2D eigenvalue weighted by atomic mass is 35.5. The van der Waals surface area contributed by atoms with Gasteiger partial charge in [0.25, 0.3) is 0 Å². The van der Waals surface area contributed by atoms with Crippen molar-refractivity contribution in [1.29, 1.82) is 0 Å². The molecule has 0 aromatic heterocycles. The summed E-state index contributed by atoms with van der Waals surface area (Å²) in [5.41, 5.74) is 2.39. The number of piperidine rings is 1. The summed E-state index contributed by atoms with van der Waals surface area (Å²) in [5.74, 6) is 1.23. The van der Waals surface area contributed by atoms with Crippen molar-refractivity contribution in [2.24, 2.45) is 5.92 Å². The van der Waals surface area contributed by atoms with E-state index in [2.05, 4.69) is 36.5 Å². The summed E-state index contributed by atoms with van der Waals surface area (Å²) >= 11 is 12.2. The van der Waals surface area contributed by atoms with E-state index in [1.807, 2.05) is 24.3 Å². The maximum atomic E-state index is 12.7. The van der Waals surface area contributed by atoms with Crippen LogP contribution in [0.5, 0.6) is 0 Å². The number of hydrogen-bond donors (Lipinski definition) is 2. The Hall–Kier alpha value is -1.55. The van der Waals surface area contributed by atoms with Crippen LogP contribution in [-0.2, 0) is 11.2 Å². The summed E-state index contributed by atoms with van der Waals surface area (Å²) in [6.45, 7) is 4.33. The van der Waals surface area contributed by atoms with Crippen molar-refractivity contribution >= 4 is 29.1 Å². The lowest BCUT2D eigenvalue weighted by Crippen LogP contribution is -3.14. The van der Waals surface area contributed by atoms with Crippen LogP contribution in [-0.4, -0.2) is 31.1 Å². The Morgan fingerprint density at radius 2 is 1.73 bits per heavy atom. The van der Waals surface area contributed by atoms with E-state index in [-0.39, 0.29) is 17.9 Å². The topological polar surface area (TPSA) is 33.5 Å². The second-order valence-corrected chi connectivity index (χ2v) is 9.96. The van der Waals surface area contributed by atoms with Crippen molar-refractivity contribution in [2.75, 3.05) is 13.1 Å². The van der Waals surface area contributed by atoms with Gasteiger partial charge in [-0.3, -0.25) is 4.79 Å². The minimum Gasteiger partial charge on any atom is -0.353 e. The Morgan fingerprint density at radius 1 is 1.07 bits per heavy atom. The van der Waals surface area contributed by atoms with Crippen molar-refractivity contribution < 1.29 is 9.69 Å². The number of carbonyl (C=O) groups is 1. The predicted octanol–water partition coefficient (Wildman–Crippen LogP) is 4.28. The number of fused-ring (bicyclic) bond motifs is 2. The molecule has 0 spiro atoms. The molecule has 1 saturated heterocycles. The molecule has 2 aliphatic rings. The number of quaternary nitrogens is 1. The summed E-state index contributed by atoms with van der Waals surface area (Å²) in [6, 6.07) is 16.8. The van der Waals surface area contributed by atoms with E-state index >= 15 is 0 Å². The van der Waals surface area contributed by atoms with Crippen molar-refractivity contribution in [2.45, 2.75) is 57.0 Å². The van der Waals surface area contributed by atoms with Gasteiger partial charge in [-0.2, -0.15) is 0 Å². The van der Waals surface area contributed by atoms with Gasteiger partial charge in [0.1, 0.15) is 0 Å². The molecular formula is C25H31Cl2N2O+. The number of likely N-dealkylation sites (tertiary alicyclic amines) is 1. The van der Waals surface area contributed by atoms with Gasteiger partial charge in [-0.1, -0.05) is 47.5 Å². The van der Waals surface area contributed by atoms with Gasteiger partial charge in [-0.15, -0.1) is 0 Å². The first-order chi connectivity index (χ1) is 14.5. The molecule has 2 aromatic carbocycles. The third-order valence-corrected chi connectivity index (χ3v) is 7.51. The highest BCUT2D eigenvalue weighted by Crippen LogP contribution is 2.28. The molecule has 1 saturated carbocycles. The fourth-order valence-electron chi connectivity index (χ4n) is 5.34. The van der Waals surface area contributed by atoms with Gasteiger partial charge in [0.05, 0.1) is 25.6 Å². The van der Waals surface area contributed by atoms with Crippen LogP contribution in [0.15, 0.2) is 48.5 Å². The number of carbonyl (C=O) groups excluding carboxylic acids is 1. The van der Waals surface area contributed by atoms with Crippen LogP contribution in [0.1, 0.15) is 49.7 Å². The number of nitrogens with one attached hydrogen (secondary N) is 2. The summed E-state index contributed by atoms with van der Waals surface area (Å²) in [5, 5.41) is 4.74. The van der Waals surface area contributed by atoms with Gasteiger partial charge >= 0.3 is 0 Å². The van der Waals surface area contributed by atoms with E-state index in [1.54, 1.807) is 4.90 Å². The van der Waals surface area contributed by atoms with Crippen molar-refractivity contribution in [3.8, 4) is 0 Å². The molecule has 1 amide bonds. The van der Waals surface area contributed by atoms with Crippen LogP contribution in [0.25, 0.3) is 0 Å². The molecule has 5 heteroatoms. The summed E-state index contributed by atoms with van der Waals surface area (Å²) in [7, 11) is 0. The third kappa shape index (κ3) is 5.38. The molecule has 2 N–H and O–H groups in total. The molecule has 1 aliphatic heterocycles. The quantitative estimate of drug-likeness (QED) is 0.624. The Balaban J connectivity index is 1.39. The fraction of sp³-hybridized carbons (Fsp3) is 0.480. The maximum absolute atomic E-state index is 12.7. The minimum absolute atomic E-state index is 0.0272. The maximum Gasteiger partial charge on any atom is 0.225 e. The van der Waals surface area contributed by atoms with Crippen molar-refractivity contribution in [1.82, 2.24) is 5.32 Å². The van der Waals surface area contributed by atoms with Crippen LogP contribution < -0.4 is 10.2 Å². The van der Waals surface area contributed by atoms with Crippen LogP contribution in [0.3, 0.4) is 0 Å². The standard InChI is InChI=1S/C25H30Cl2N2O/c1-17(28-25(30)12-13-29-16-19-4-11-23(29)14-19)24(20-5-9-22(27)10-6-20)15-18-2-7-21(26)8-3-18/h2-3,5-10,17,19,23-24H,4,11-16H2,1H3,(H,28,30)/p+1/t17-,19?,23?,24+/m1/s1. The van der Waals surface area contributed by atoms with E-state index in [9.17, 15) is 4.79 Å². The molecule has 160 valence electrons. The molecule has 3 nitrogen and oxygen atoms in total. The molecular weight excluding hydrogens is 415 g/mol. The highest BCUT2D eigenvalue weighted by Gasteiger charge is 2.41. The SMILES string of the molecule is C[C@@H](NC(=O)CC[NH+]1CC2CCC1C2)[C@H](Cc1ccc(Cl)cc1)c1ccc(Cl)cc1. The number of rotatable bonds is 8. The molecule has 5 atom stereocenters. The van der Waals surface area contributed by atoms with Crippen LogP contribution in [0.4, 0.5) is 0 Å². The van der Waals surface area contributed by atoms with Gasteiger partial charge in [-0.25, -0.2) is 0 Å². The van der Waals surface area contributed by atoms with Gasteiger partial charge in [0.2, 0.25) is 5.91 Å². The number of benzene rings is 2. The zero-order chi connectivity index (χ0) is 21.1. The smallest absolute Gasteiger partial charge is 0.225 e. The molecule has 1 heterocycles. The highest BCUT2D eigenvalue weighted by molar-refractivity contribution is 6.30. The third-order valence-electron chi connectivity index (χ3n) is 7.00. The van der Waals surface area contributed by atoms with Crippen LogP contribution in [0, 0.1) is 5.92 Å². The van der Waals surface area contributed by atoms with Crippen LogP contribution in [0.2, 0.25) is 10.0 Å². The lowest BCUT2D eigenvalue weighted by molar-refractivity contribution is -0.916. The van der Waals surface area contributed by atoms with E-state index in [4.69, 9.17) is 23.2 Å². The van der Waals surface area contributed by atoms with E-state index in [1.165, 1.54) is 36.9 Å². The lowest BCUT2D eigenvalue weighted by Gasteiger charge is -2.27. The molecule has 4 rings (SSSR count). The molecule has 2 aromatic rings. The lowest BCUT2D eigenvalue weighted by atomic mass is 9.86. The van der Waals surface area contributed by atoms with E-state index < -0.39 is 0 Å². The van der Waals surface area contributed by atoms with Gasteiger partial charge in [-0.05, 0) is 61.6 Å². The zero-order valence-electron chi connectivity index (χ0n) is 17.5. The zero-order valence-corrected chi connectivity index (χ0v) is 19.1. The Bertz CT molecular complexity index is 852. The predicted molar refractivity (Wildman–Crippen MR) is 123 cm³/mol. The number of halogens is 2. The normalized spacial score (nSPS) is 24.6. The summed E-state index contributed by atoms with van der Waals surface area (Å²) in [4.78, 5) is 14.4. The minimum atomic E-state index is 0.0272. The molecule has 1 aliphatic carbocycles. The molecule has 0 radical (unpaired) electrons. The van der Waals surface area contributed by atoms with E-state index in [0.29, 0.717) is 6.42 Å². The number of amides is 1. The largest absolute Gasteiger partial charge is 0.353 e. The average Bonchev–Trinajstić information content (AvgIpc) is 3.36. The van der Waals surface area contributed by atoms with Gasteiger partial charge < -0.3 is 10.2 Å². The first-order valence-corrected chi connectivity index (χ1v) is 11.9. The summed E-state index contributed by atoms with van der Waals surface area (Å²) < 4.78 is 0. The second-order valence-electron chi connectivity index (χ2n) is 9.08.